The van der Waals surface area contributed by atoms with Crippen molar-refractivity contribution >= 4 is 69.1 Å². The number of amides is 2. The molecule has 1 fully saturated rings. The molecule has 1 aliphatic rings. The highest BCUT2D eigenvalue weighted by Gasteiger charge is 2.50. The van der Waals surface area contributed by atoms with Crippen LogP contribution in [0.25, 0.3) is 11.2 Å². The first kappa shape index (κ1) is 45.9. The summed E-state index contributed by atoms with van der Waals surface area (Å²) < 4.78 is 62.0. The molecule has 306 valence electrons. The second-order valence-electron chi connectivity index (χ2n) is 12.4. The van der Waals surface area contributed by atoms with E-state index in [2.05, 4.69) is 34.4 Å². The van der Waals surface area contributed by atoms with E-state index in [1.54, 1.807) is 0 Å². The topological polar surface area (TPSA) is 364 Å². The van der Waals surface area contributed by atoms with Crippen LogP contribution in [-0.2, 0) is 50.7 Å². The van der Waals surface area contributed by atoms with Gasteiger partial charge in [0.1, 0.15) is 36.3 Å². The van der Waals surface area contributed by atoms with E-state index >= 15 is 0 Å². The molecule has 1 aliphatic heterocycles. The zero-order valence-corrected chi connectivity index (χ0v) is 32.7. The van der Waals surface area contributed by atoms with E-state index in [4.69, 9.17) is 19.5 Å². The van der Waals surface area contributed by atoms with Crippen LogP contribution in [0.5, 0.6) is 0 Å². The monoisotopic (exact) mass is 851 g/mol. The van der Waals surface area contributed by atoms with Gasteiger partial charge < -0.3 is 50.9 Å². The van der Waals surface area contributed by atoms with Gasteiger partial charge in [0.05, 0.1) is 19.5 Å². The van der Waals surface area contributed by atoms with Crippen LogP contribution in [0.3, 0.4) is 0 Å². The normalized spacial score (nSPS) is 22.0. The van der Waals surface area contributed by atoms with Crippen LogP contribution >= 0.6 is 35.2 Å². The maximum Gasteiger partial charge on any atom is 0.481 e. The number of aromatic nitrogens is 4. The van der Waals surface area contributed by atoms with Gasteiger partial charge in [-0.1, -0.05) is 39.0 Å². The number of rotatable bonds is 22. The third kappa shape index (κ3) is 13.9. The molecule has 0 aliphatic carbocycles. The highest BCUT2D eigenvalue weighted by atomic mass is 32.2. The van der Waals surface area contributed by atoms with Crippen molar-refractivity contribution in [1.29, 1.82) is 0 Å². The van der Waals surface area contributed by atoms with Gasteiger partial charge in [0, 0.05) is 37.1 Å². The number of carbonyl (C=O) groups excluding carboxylic acids is 3. The number of ether oxygens (including phenoxy) is 1. The summed E-state index contributed by atoms with van der Waals surface area (Å²) in [6.45, 7) is 2.52. The third-order valence-corrected chi connectivity index (χ3v) is 11.5. The first-order chi connectivity index (χ1) is 25.1. The molecule has 0 spiro atoms. The summed E-state index contributed by atoms with van der Waals surface area (Å²) in [6.07, 6.45) is -4.74. The number of hydrogen-bond acceptors (Lipinski definition) is 18. The van der Waals surface area contributed by atoms with E-state index in [1.165, 1.54) is 13.8 Å². The average molecular weight is 852 g/mol. The van der Waals surface area contributed by atoms with Crippen molar-refractivity contribution in [3.8, 4) is 0 Å². The predicted molar refractivity (Wildman–Crippen MR) is 187 cm³/mol. The summed E-state index contributed by atoms with van der Waals surface area (Å²) in [6, 6.07) is 0. The van der Waals surface area contributed by atoms with E-state index < -0.39 is 84.6 Å². The first-order valence-electron chi connectivity index (χ1n) is 16.1. The van der Waals surface area contributed by atoms with Crippen LogP contribution in [0.15, 0.2) is 12.7 Å². The molecule has 0 saturated carbocycles. The molecule has 0 aromatic carbocycles. The molecule has 2 aromatic rings. The zero-order valence-electron chi connectivity index (χ0n) is 29.2. The molecule has 7 atom stereocenters. The van der Waals surface area contributed by atoms with Crippen molar-refractivity contribution in [3.05, 3.63) is 12.7 Å². The Balaban J connectivity index is 1.50. The Kier molecular flexibility index (Phi) is 16.7. The van der Waals surface area contributed by atoms with Crippen LogP contribution in [-0.4, -0.2) is 123 Å². The Hall–Kier alpha value is -2.44. The molecule has 3 unspecified atom stereocenters. The summed E-state index contributed by atoms with van der Waals surface area (Å²) in [4.78, 5) is 87.1. The number of phosphoric acid groups is 3. The fraction of sp³-hybridized carbons (Fsp3) is 0.692. The molecule has 54 heavy (non-hydrogen) atoms. The van der Waals surface area contributed by atoms with E-state index in [-0.39, 0.29) is 41.6 Å². The van der Waals surface area contributed by atoms with Gasteiger partial charge in [-0.15, -0.1) is 0 Å². The number of aliphatic hydroxyl groups excluding tert-OH is 2. The number of unbranched alkanes of at least 4 members (excludes halogenated alkanes) is 1. The lowest BCUT2D eigenvalue weighted by atomic mass is 9.87. The number of nitrogen functional groups attached to an aromatic ring is 1. The summed E-state index contributed by atoms with van der Waals surface area (Å²) in [5.74, 6) is -1.05. The van der Waals surface area contributed by atoms with Gasteiger partial charge in [0.2, 0.25) is 11.8 Å². The summed E-state index contributed by atoms with van der Waals surface area (Å²) in [5, 5.41) is 26.4. The van der Waals surface area contributed by atoms with Crippen molar-refractivity contribution < 1.29 is 80.5 Å². The van der Waals surface area contributed by atoms with Crippen LogP contribution < -0.4 is 16.4 Å². The van der Waals surface area contributed by atoms with Gasteiger partial charge in [0.25, 0.3) is 0 Å². The molecule has 24 nitrogen and oxygen atoms in total. The second kappa shape index (κ2) is 19.6. The number of imidazole rings is 1. The van der Waals surface area contributed by atoms with Gasteiger partial charge in [0.15, 0.2) is 22.8 Å². The number of phosphoric ester groups is 3. The SMILES string of the molecule is CCCCC(=O)SCCNC(=O)CCNC(=O)C(O)C(C)(C)COP(=O)(O)OP(=O)(O)OC[C@H]1O[C@@H](n2cnc3c(N)ncnc32)[C@H](O)[C@@H]1OP(=O)(O)O. The number of carbonyl (C=O) groups is 3. The van der Waals surface area contributed by atoms with E-state index in [1.807, 2.05) is 6.92 Å². The van der Waals surface area contributed by atoms with E-state index in [0.29, 0.717) is 12.2 Å². The molecule has 3 rings (SSSR count). The van der Waals surface area contributed by atoms with E-state index in [0.717, 1.165) is 41.8 Å². The summed E-state index contributed by atoms with van der Waals surface area (Å²) in [7, 11) is -16.4. The van der Waals surface area contributed by atoms with Crippen molar-refractivity contribution in [2.24, 2.45) is 5.41 Å². The number of nitrogens with zero attached hydrogens (tertiary/aromatic N) is 4. The lowest BCUT2D eigenvalue weighted by Gasteiger charge is -2.30. The molecular weight excluding hydrogens is 807 g/mol. The lowest BCUT2D eigenvalue weighted by molar-refractivity contribution is -0.137. The Bertz CT molecular complexity index is 1760. The Labute approximate surface area is 312 Å². The molecule has 3 heterocycles. The molecule has 1 saturated heterocycles. The molecule has 0 bridgehead atoms. The van der Waals surface area contributed by atoms with Gasteiger partial charge in [-0.25, -0.2) is 28.6 Å². The number of nitrogens with one attached hydrogen (secondary N) is 2. The third-order valence-electron chi connectivity index (χ3n) is 7.50. The number of thioether (sulfide) groups is 1. The molecule has 10 N–H and O–H groups in total. The molecule has 2 amide bonds. The number of nitrogens with two attached hydrogens (primary N) is 1. The minimum Gasteiger partial charge on any atom is -0.386 e. The smallest absolute Gasteiger partial charge is 0.386 e. The van der Waals surface area contributed by atoms with Crippen LogP contribution in [0.1, 0.15) is 52.7 Å². The van der Waals surface area contributed by atoms with Gasteiger partial charge in [-0.2, -0.15) is 4.31 Å². The highest BCUT2D eigenvalue weighted by molar-refractivity contribution is 8.13. The van der Waals surface area contributed by atoms with Crippen molar-refractivity contribution in [3.63, 3.8) is 0 Å². The minimum atomic E-state index is -5.56. The lowest BCUT2D eigenvalue weighted by Crippen LogP contribution is -2.46. The maximum atomic E-state index is 12.7. The van der Waals surface area contributed by atoms with Gasteiger partial charge in [-0.05, 0) is 6.42 Å². The van der Waals surface area contributed by atoms with Crippen LogP contribution in [0.2, 0.25) is 0 Å². The first-order valence-corrected chi connectivity index (χ1v) is 21.6. The number of hydrogen-bond donors (Lipinski definition) is 9. The quantitative estimate of drug-likeness (QED) is 0.0549. The fourth-order valence-corrected chi connectivity index (χ4v) is 8.24. The van der Waals surface area contributed by atoms with Crippen molar-refractivity contribution in [1.82, 2.24) is 30.2 Å². The van der Waals surface area contributed by atoms with Crippen molar-refractivity contribution in [2.45, 2.75) is 77.1 Å². The number of fused-ring (bicyclic) bond motifs is 1. The largest absolute Gasteiger partial charge is 0.481 e. The van der Waals surface area contributed by atoms with E-state index in [9.17, 15) is 57.9 Å². The van der Waals surface area contributed by atoms with Crippen molar-refractivity contribution in [2.75, 3.05) is 37.8 Å². The van der Waals surface area contributed by atoms with Gasteiger partial charge >= 0.3 is 23.5 Å². The molecule has 28 heteroatoms. The maximum absolute atomic E-state index is 12.7. The predicted octanol–water partition coefficient (Wildman–Crippen LogP) is -0.145. The zero-order chi connectivity index (χ0) is 40.5. The second-order valence-corrected chi connectivity index (χ2v) is 17.8. The highest BCUT2D eigenvalue weighted by Crippen LogP contribution is 2.61. The standard InChI is InChI=1S/C26H44N7O17P3S/c1-4-5-6-17(35)54-10-9-28-16(34)7-8-29-24(38)21(37)26(2,3)12-47-53(44,45)50-52(42,43)46-11-15-20(49-51(39,40)41)19(36)25(48-15)33-14-32-18-22(27)30-13-31-23(18)33/h13-15,19-21,25,36-37H,4-12H2,1-3H3,(H,28,34)(H,29,38)(H,42,43)(H,44,45)(H2,27,30,31)(H2,39,40,41)/t15-,19-,20-,21?,25-/m1/s1. The number of anilines is 1. The minimum absolute atomic E-state index is 0.0306. The Morgan fingerprint density at radius 2 is 1.74 bits per heavy atom. The van der Waals surface area contributed by atoms with Crippen LogP contribution in [0.4, 0.5) is 5.82 Å². The van der Waals surface area contributed by atoms with Gasteiger partial charge in [-0.3, -0.25) is 32.5 Å². The molecular formula is C26H44N7O17P3S. The Morgan fingerprint density at radius 1 is 1.06 bits per heavy atom. The van der Waals surface area contributed by atoms with Crippen LogP contribution in [0, 0.1) is 5.41 Å². The molecule has 2 aromatic heterocycles. The average Bonchev–Trinajstić information content (AvgIpc) is 3.63. The Morgan fingerprint density at radius 3 is 2.41 bits per heavy atom. The fourth-order valence-electron chi connectivity index (χ4n) is 4.69. The number of aliphatic hydroxyl groups is 2. The molecule has 0 radical (unpaired) electrons. The summed E-state index contributed by atoms with van der Waals surface area (Å²) >= 11 is 1.11. The summed E-state index contributed by atoms with van der Waals surface area (Å²) in [5.41, 5.74) is 4.27.